The first kappa shape index (κ1) is 11.9. The minimum absolute atomic E-state index is 0.457. The molecule has 82 valence electrons. The van der Waals surface area contributed by atoms with Crippen molar-refractivity contribution in [2.45, 2.75) is 45.6 Å². The summed E-state index contributed by atoms with van der Waals surface area (Å²) in [7, 11) is 0. The van der Waals surface area contributed by atoms with E-state index in [2.05, 4.69) is 18.7 Å². The smallest absolute Gasteiger partial charge is 0.0771 e. The Kier molecular flexibility index (Phi) is 4.82. The third-order valence-electron chi connectivity index (χ3n) is 3.18. The van der Waals surface area contributed by atoms with Gasteiger partial charge in [-0.3, -0.25) is 4.90 Å². The molecule has 2 N–H and O–H groups in total. The monoisotopic (exact) mass is 214 g/mol. The summed E-state index contributed by atoms with van der Waals surface area (Å²) in [4.78, 5) is 3.25. The fourth-order valence-corrected chi connectivity index (χ4v) is 2.43. The second-order valence-electron chi connectivity index (χ2n) is 4.37. The average molecular weight is 214 g/mol. The highest BCUT2D eigenvalue weighted by Gasteiger charge is 2.24. The first-order chi connectivity index (χ1) is 6.65. The molecule has 1 aliphatic heterocycles. The first-order valence-electron chi connectivity index (χ1n) is 5.68. The Morgan fingerprint density at radius 3 is 2.93 bits per heavy atom. The van der Waals surface area contributed by atoms with Gasteiger partial charge in [0.2, 0.25) is 0 Å². The van der Waals surface area contributed by atoms with Crippen molar-refractivity contribution < 1.29 is 0 Å². The van der Waals surface area contributed by atoms with Crippen LogP contribution in [0.1, 0.15) is 39.5 Å². The molecule has 14 heavy (non-hydrogen) atoms. The highest BCUT2D eigenvalue weighted by molar-refractivity contribution is 7.80. The van der Waals surface area contributed by atoms with E-state index in [0.717, 1.165) is 6.54 Å². The van der Waals surface area contributed by atoms with E-state index in [9.17, 15) is 0 Å². The molecule has 1 fully saturated rings. The van der Waals surface area contributed by atoms with Gasteiger partial charge in [-0.1, -0.05) is 25.6 Å². The van der Waals surface area contributed by atoms with Gasteiger partial charge >= 0.3 is 0 Å². The lowest BCUT2D eigenvalue weighted by molar-refractivity contribution is 0.148. The Morgan fingerprint density at radius 1 is 1.64 bits per heavy atom. The summed E-state index contributed by atoms with van der Waals surface area (Å²) in [6.45, 7) is 6.85. The molecule has 0 saturated carbocycles. The maximum absolute atomic E-state index is 5.71. The molecule has 2 unspecified atom stereocenters. The summed E-state index contributed by atoms with van der Waals surface area (Å²) in [6.07, 6.45) is 4.97. The lowest BCUT2D eigenvalue weighted by Crippen LogP contribution is -2.44. The zero-order valence-corrected chi connectivity index (χ0v) is 10.1. The molecule has 1 heterocycles. The van der Waals surface area contributed by atoms with Crippen molar-refractivity contribution in [1.29, 1.82) is 0 Å². The Morgan fingerprint density at radius 2 is 2.36 bits per heavy atom. The summed E-state index contributed by atoms with van der Waals surface area (Å²) in [5.41, 5.74) is 5.71. The van der Waals surface area contributed by atoms with Crippen LogP contribution < -0.4 is 5.73 Å². The van der Waals surface area contributed by atoms with Crippen LogP contribution in [0.3, 0.4) is 0 Å². The van der Waals surface area contributed by atoms with E-state index >= 15 is 0 Å². The third-order valence-corrected chi connectivity index (χ3v) is 3.52. The van der Waals surface area contributed by atoms with Crippen LogP contribution in [0, 0.1) is 5.92 Å². The highest BCUT2D eigenvalue weighted by Crippen LogP contribution is 2.20. The minimum Gasteiger partial charge on any atom is -0.393 e. The van der Waals surface area contributed by atoms with Crippen molar-refractivity contribution in [2.24, 2.45) is 11.7 Å². The molecular formula is C11H22N2S. The van der Waals surface area contributed by atoms with E-state index in [-0.39, 0.29) is 0 Å². The zero-order chi connectivity index (χ0) is 10.6. The number of rotatable bonds is 4. The average Bonchev–Trinajstić information content (AvgIpc) is 2.18. The molecule has 2 nitrogen and oxygen atoms in total. The van der Waals surface area contributed by atoms with Gasteiger partial charge < -0.3 is 5.73 Å². The van der Waals surface area contributed by atoms with Crippen molar-refractivity contribution in [3.05, 3.63) is 0 Å². The number of thiocarbonyl (C=S) groups is 1. The van der Waals surface area contributed by atoms with E-state index in [0.29, 0.717) is 16.9 Å². The van der Waals surface area contributed by atoms with Crippen molar-refractivity contribution >= 4 is 17.2 Å². The molecule has 0 aromatic rings. The van der Waals surface area contributed by atoms with E-state index in [1.807, 2.05) is 0 Å². The number of hydrogen-bond acceptors (Lipinski definition) is 2. The summed E-state index contributed by atoms with van der Waals surface area (Å²) in [5.74, 6) is 0.457. The molecule has 0 bridgehead atoms. The predicted octanol–water partition coefficient (Wildman–Crippen LogP) is 2.17. The molecule has 0 spiro atoms. The van der Waals surface area contributed by atoms with Gasteiger partial charge in [0.1, 0.15) is 0 Å². The minimum atomic E-state index is 0.457. The Balaban J connectivity index is 2.43. The van der Waals surface area contributed by atoms with Crippen LogP contribution in [0.15, 0.2) is 0 Å². The largest absolute Gasteiger partial charge is 0.393 e. The van der Waals surface area contributed by atoms with Crippen LogP contribution in [-0.2, 0) is 0 Å². The molecule has 3 heteroatoms. The van der Waals surface area contributed by atoms with Crippen LogP contribution in [-0.4, -0.2) is 29.0 Å². The van der Waals surface area contributed by atoms with Crippen molar-refractivity contribution in [3.8, 4) is 0 Å². The molecule has 1 aliphatic rings. The molecule has 1 saturated heterocycles. The fraction of sp³-hybridized carbons (Fsp3) is 0.909. The van der Waals surface area contributed by atoms with Gasteiger partial charge in [-0.2, -0.15) is 0 Å². The SMILES string of the molecule is CCCC(C)N1CCCC(C(N)=S)C1. The number of likely N-dealkylation sites (tertiary alicyclic amines) is 1. The van der Waals surface area contributed by atoms with Gasteiger partial charge in [-0.25, -0.2) is 0 Å². The number of piperidine rings is 1. The van der Waals surface area contributed by atoms with Gasteiger partial charge in [0, 0.05) is 18.5 Å². The van der Waals surface area contributed by atoms with Gasteiger partial charge in [0.15, 0.2) is 0 Å². The van der Waals surface area contributed by atoms with E-state index in [1.54, 1.807) is 0 Å². The molecule has 0 aliphatic carbocycles. The van der Waals surface area contributed by atoms with Crippen molar-refractivity contribution in [3.63, 3.8) is 0 Å². The molecule has 1 rings (SSSR count). The summed E-state index contributed by atoms with van der Waals surface area (Å²) >= 11 is 5.07. The molecule has 0 aromatic heterocycles. The summed E-state index contributed by atoms with van der Waals surface area (Å²) < 4.78 is 0. The molecule has 2 atom stereocenters. The zero-order valence-electron chi connectivity index (χ0n) is 9.33. The molecule has 0 amide bonds. The van der Waals surface area contributed by atoms with E-state index in [4.69, 9.17) is 18.0 Å². The third kappa shape index (κ3) is 3.21. The standard InChI is InChI=1S/C11H22N2S/c1-3-5-9(2)13-7-4-6-10(8-13)11(12)14/h9-10H,3-8H2,1-2H3,(H2,12,14). The quantitative estimate of drug-likeness (QED) is 0.727. The summed E-state index contributed by atoms with van der Waals surface area (Å²) in [5, 5.41) is 0. The van der Waals surface area contributed by atoms with Crippen LogP contribution in [0.25, 0.3) is 0 Å². The second-order valence-corrected chi connectivity index (χ2v) is 4.85. The lowest BCUT2D eigenvalue weighted by Gasteiger charge is -2.36. The van der Waals surface area contributed by atoms with Crippen LogP contribution >= 0.6 is 12.2 Å². The predicted molar refractivity (Wildman–Crippen MR) is 65.5 cm³/mol. The van der Waals surface area contributed by atoms with Crippen molar-refractivity contribution in [1.82, 2.24) is 4.90 Å². The van der Waals surface area contributed by atoms with Gasteiger partial charge in [0.25, 0.3) is 0 Å². The Hall–Kier alpha value is -0.150. The molecule has 0 aromatic carbocycles. The van der Waals surface area contributed by atoms with Crippen molar-refractivity contribution in [2.75, 3.05) is 13.1 Å². The van der Waals surface area contributed by atoms with Gasteiger partial charge in [0.05, 0.1) is 4.99 Å². The second kappa shape index (κ2) is 5.66. The van der Waals surface area contributed by atoms with Crippen LogP contribution in [0.5, 0.6) is 0 Å². The maximum Gasteiger partial charge on any atom is 0.0771 e. The Labute approximate surface area is 92.8 Å². The number of nitrogens with two attached hydrogens (primary N) is 1. The maximum atomic E-state index is 5.71. The Bertz CT molecular complexity index is 194. The van der Waals surface area contributed by atoms with Gasteiger partial charge in [-0.15, -0.1) is 0 Å². The van der Waals surface area contributed by atoms with Crippen LogP contribution in [0.4, 0.5) is 0 Å². The highest BCUT2D eigenvalue weighted by atomic mass is 32.1. The van der Waals surface area contributed by atoms with Crippen LogP contribution in [0.2, 0.25) is 0 Å². The number of hydrogen-bond donors (Lipinski definition) is 1. The topological polar surface area (TPSA) is 29.3 Å². The van der Waals surface area contributed by atoms with Gasteiger partial charge in [-0.05, 0) is 32.7 Å². The fourth-order valence-electron chi connectivity index (χ4n) is 2.24. The first-order valence-corrected chi connectivity index (χ1v) is 6.09. The number of nitrogens with zero attached hydrogens (tertiary/aromatic N) is 1. The normalized spacial score (nSPS) is 26.0. The van der Waals surface area contributed by atoms with E-state index in [1.165, 1.54) is 32.2 Å². The molecule has 0 radical (unpaired) electrons. The lowest BCUT2D eigenvalue weighted by atomic mass is 9.96. The summed E-state index contributed by atoms with van der Waals surface area (Å²) in [6, 6.07) is 0.692. The van der Waals surface area contributed by atoms with E-state index < -0.39 is 0 Å². The molecular weight excluding hydrogens is 192 g/mol.